The minimum atomic E-state index is -0.201. The third kappa shape index (κ3) is 2.87. The second-order valence-electron chi connectivity index (χ2n) is 6.18. The molecular weight excluding hydrogens is 224 g/mol. The zero-order valence-electron chi connectivity index (χ0n) is 11.8. The summed E-state index contributed by atoms with van der Waals surface area (Å²) >= 11 is 0. The second kappa shape index (κ2) is 6.04. The molecule has 18 heavy (non-hydrogen) atoms. The number of morpholine rings is 1. The van der Waals surface area contributed by atoms with E-state index in [2.05, 4.69) is 24.8 Å². The molecule has 102 valence electrons. The van der Waals surface area contributed by atoms with Crippen LogP contribution in [0.25, 0.3) is 0 Å². The van der Waals surface area contributed by atoms with Crippen LogP contribution in [0, 0.1) is 23.2 Å². The zero-order valence-corrected chi connectivity index (χ0v) is 11.8. The lowest BCUT2D eigenvalue weighted by Crippen LogP contribution is -2.52. The molecule has 1 saturated carbocycles. The van der Waals surface area contributed by atoms with Crippen LogP contribution in [0.5, 0.6) is 0 Å². The van der Waals surface area contributed by atoms with E-state index in [0.29, 0.717) is 0 Å². The van der Waals surface area contributed by atoms with Crippen molar-refractivity contribution in [2.75, 3.05) is 26.3 Å². The SMILES string of the molecule is CC(C)C1CCCC(C#N)(N2CCOCC2)CC1. The van der Waals surface area contributed by atoms with Crippen LogP contribution < -0.4 is 0 Å². The first-order chi connectivity index (χ1) is 8.68. The summed E-state index contributed by atoms with van der Waals surface area (Å²) in [7, 11) is 0. The Kier molecular flexibility index (Phi) is 4.64. The predicted molar refractivity (Wildman–Crippen MR) is 72.1 cm³/mol. The zero-order chi connectivity index (χ0) is 13.0. The highest BCUT2D eigenvalue weighted by molar-refractivity contribution is 5.10. The number of hydrogen-bond acceptors (Lipinski definition) is 3. The van der Waals surface area contributed by atoms with Crippen LogP contribution in [0.3, 0.4) is 0 Å². The molecule has 0 bridgehead atoms. The van der Waals surface area contributed by atoms with E-state index in [-0.39, 0.29) is 5.54 Å². The lowest BCUT2D eigenvalue weighted by Gasteiger charge is -2.40. The number of ether oxygens (including phenoxy) is 1. The smallest absolute Gasteiger partial charge is 0.109 e. The Bertz CT molecular complexity index is 304. The van der Waals surface area contributed by atoms with Gasteiger partial charge in [-0.05, 0) is 31.1 Å². The second-order valence-corrected chi connectivity index (χ2v) is 6.18. The maximum absolute atomic E-state index is 9.71. The van der Waals surface area contributed by atoms with Gasteiger partial charge in [-0.25, -0.2) is 0 Å². The Morgan fingerprint density at radius 3 is 2.56 bits per heavy atom. The first-order valence-corrected chi connectivity index (χ1v) is 7.42. The molecule has 2 unspecified atom stereocenters. The maximum atomic E-state index is 9.71. The number of nitrogens with zero attached hydrogens (tertiary/aromatic N) is 2. The Hall–Kier alpha value is -0.590. The van der Waals surface area contributed by atoms with Gasteiger partial charge in [-0.1, -0.05) is 26.7 Å². The van der Waals surface area contributed by atoms with E-state index in [4.69, 9.17) is 4.74 Å². The molecule has 1 aliphatic heterocycles. The molecule has 1 heterocycles. The molecule has 2 aliphatic rings. The van der Waals surface area contributed by atoms with E-state index in [9.17, 15) is 5.26 Å². The van der Waals surface area contributed by atoms with Crippen molar-refractivity contribution in [3.63, 3.8) is 0 Å². The van der Waals surface area contributed by atoms with Crippen LogP contribution in [0.2, 0.25) is 0 Å². The lowest BCUT2D eigenvalue weighted by molar-refractivity contribution is -0.00859. The van der Waals surface area contributed by atoms with Gasteiger partial charge in [0.05, 0.1) is 19.3 Å². The predicted octanol–water partition coefficient (Wildman–Crippen LogP) is 2.82. The normalized spacial score (nSPS) is 35.1. The van der Waals surface area contributed by atoms with Gasteiger partial charge in [0.15, 0.2) is 0 Å². The van der Waals surface area contributed by atoms with E-state index >= 15 is 0 Å². The van der Waals surface area contributed by atoms with Crippen LogP contribution in [-0.2, 0) is 4.74 Å². The van der Waals surface area contributed by atoms with Crippen molar-refractivity contribution in [2.45, 2.75) is 51.5 Å². The molecule has 0 N–H and O–H groups in total. The van der Waals surface area contributed by atoms with Crippen LogP contribution in [0.4, 0.5) is 0 Å². The van der Waals surface area contributed by atoms with Crippen molar-refractivity contribution >= 4 is 0 Å². The molecule has 0 radical (unpaired) electrons. The fraction of sp³-hybridized carbons (Fsp3) is 0.933. The van der Waals surface area contributed by atoms with E-state index in [0.717, 1.165) is 51.0 Å². The summed E-state index contributed by atoms with van der Waals surface area (Å²) in [5.74, 6) is 1.56. The third-order valence-electron chi connectivity index (χ3n) is 4.86. The monoisotopic (exact) mass is 250 g/mol. The van der Waals surface area contributed by atoms with Crippen LogP contribution in [-0.4, -0.2) is 36.7 Å². The van der Waals surface area contributed by atoms with Crippen molar-refractivity contribution in [2.24, 2.45) is 11.8 Å². The molecule has 0 spiro atoms. The van der Waals surface area contributed by atoms with Crippen LogP contribution in [0.15, 0.2) is 0 Å². The first kappa shape index (κ1) is 13.8. The molecule has 1 saturated heterocycles. The van der Waals surface area contributed by atoms with E-state index in [1.165, 1.54) is 19.3 Å². The van der Waals surface area contributed by atoms with Crippen molar-refractivity contribution in [3.05, 3.63) is 0 Å². The minimum absolute atomic E-state index is 0.201. The highest BCUT2D eigenvalue weighted by Crippen LogP contribution is 2.37. The summed E-state index contributed by atoms with van der Waals surface area (Å²) in [6.07, 6.45) is 5.81. The Morgan fingerprint density at radius 1 is 1.22 bits per heavy atom. The highest BCUT2D eigenvalue weighted by Gasteiger charge is 2.39. The van der Waals surface area contributed by atoms with E-state index in [1.54, 1.807) is 0 Å². The highest BCUT2D eigenvalue weighted by atomic mass is 16.5. The maximum Gasteiger partial charge on any atom is 0.109 e. The largest absolute Gasteiger partial charge is 0.379 e. The van der Waals surface area contributed by atoms with Crippen LogP contribution in [0.1, 0.15) is 46.0 Å². The van der Waals surface area contributed by atoms with Gasteiger partial charge in [0, 0.05) is 13.1 Å². The fourth-order valence-corrected chi connectivity index (χ4v) is 3.51. The summed E-state index contributed by atoms with van der Waals surface area (Å²) in [6, 6.07) is 2.66. The third-order valence-corrected chi connectivity index (χ3v) is 4.86. The summed E-state index contributed by atoms with van der Waals surface area (Å²) in [5, 5.41) is 9.71. The fourth-order valence-electron chi connectivity index (χ4n) is 3.51. The standard InChI is InChI=1S/C15H26N2O/c1-13(2)14-4-3-6-15(12-16,7-5-14)17-8-10-18-11-9-17/h13-14H,3-11H2,1-2H3. The van der Waals surface area contributed by atoms with Gasteiger partial charge < -0.3 is 4.74 Å². The summed E-state index contributed by atoms with van der Waals surface area (Å²) in [6.45, 7) is 8.07. The molecule has 0 amide bonds. The van der Waals surface area contributed by atoms with Gasteiger partial charge in [-0.3, -0.25) is 4.90 Å². The summed E-state index contributed by atoms with van der Waals surface area (Å²) in [4.78, 5) is 2.39. The Labute approximate surface area is 111 Å². The first-order valence-electron chi connectivity index (χ1n) is 7.42. The average molecular weight is 250 g/mol. The van der Waals surface area contributed by atoms with Gasteiger partial charge in [0.2, 0.25) is 0 Å². The molecule has 3 heteroatoms. The molecule has 0 aromatic heterocycles. The van der Waals surface area contributed by atoms with E-state index in [1.807, 2.05) is 0 Å². The number of hydrogen-bond donors (Lipinski definition) is 0. The van der Waals surface area contributed by atoms with Crippen molar-refractivity contribution in [3.8, 4) is 6.07 Å². The minimum Gasteiger partial charge on any atom is -0.379 e. The van der Waals surface area contributed by atoms with Crippen molar-refractivity contribution in [1.29, 1.82) is 5.26 Å². The molecule has 0 aromatic rings. The number of rotatable bonds is 2. The van der Waals surface area contributed by atoms with Crippen molar-refractivity contribution < 1.29 is 4.74 Å². The quantitative estimate of drug-likeness (QED) is 0.707. The Morgan fingerprint density at radius 2 is 1.94 bits per heavy atom. The molecule has 0 aromatic carbocycles. The molecule has 1 aliphatic carbocycles. The molecule has 2 atom stereocenters. The Balaban J connectivity index is 2.05. The molecule has 2 rings (SSSR count). The van der Waals surface area contributed by atoms with E-state index < -0.39 is 0 Å². The average Bonchev–Trinajstić information content (AvgIpc) is 2.63. The molecule has 2 fully saturated rings. The van der Waals surface area contributed by atoms with Gasteiger partial charge in [0.25, 0.3) is 0 Å². The molecule has 3 nitrogen and oxygen atoms in total. The summed E-state index contributed by atoms with van der Waals surface area (Å²) in [5.41, 5.74) is -0.201. The lowest BCUT2D eigenvalue weighted by atomic mass is 9.86. The number of nitriles is 1. The molecular formula is C15H26N2O. The van der Waals surface area contributed by atoms with Gasteiger partial charge in [-0.15, -0.1) is 0 Å². The van der Waals surface area contributed by atoms with Gasteiger partial charge in [-0.2, -0.15) is 5.26 Å². The summed E-state index contributed by atoms with van der Waals surface area (Å²) < 4.78 is 5.42. The topological polar surface area (TPSA) is 36.3 Å². The van der Waals surface area contributed by atoms with Crippen molar-refractivity contribution in [1.82, 2.24) is 4.90 Å². The van der Waals surface area contributed by atoms with Gasteiger partial charge >= 0.3 is 0 Å². The van der Waals surface area contributed by atoms with Crippen LogP contribution >= 0.6 is 0 Å². The van der Waals surface area contributed by atoms with Gasteiger partial charge in [0.1, 0.15) is 5.54 Å².